The Morgan fingerprint density at radius 3 is 2.40 bits per heavy atom. The van der Waals surface area contributed by atoms with Gasteiger partial charge < -0.3 is 25.3 Å². The van der Waals surface area contributed by atoms with E-state index >= 15 is 0 Å². The molecule has 0 aliphatic heterocycles. The molecule has 3 rings (SSSR count). The van der Waals surface area contributed by atoms with Crippen LogP contribution in [0, 0.1) is 0 Å². The first-order valence-corrected chi connectivity index (χ1v) is 9.02. The number of para-hydroxylation sites is 1. The Balaban J connectivity index is 1.71. The Kier molecular flexibility index (Phi) is 6.20. The molecule has 2 heterocycles. The van der Waals surface area contributed by atoms with Crippen LogP contribution in [0.1, 0.15) is 27.9 Å². The molecule has 2 aromatic heterocycles. The molecule has 2 amide bonds. The SMILES string of the molecule is CCn1cc(NC(=O)c2ccn(COc3c(OC)cccc3OC)n2)c(C(N)=O)n1. The van der Waals surface area contributed by atoms with E-state index in [-0.39, 0.29) is 23.8 Å². The standard InChI is InChI=1S/C19H22N6O5/c1-4-24-10-13(16(23-24)18(20)26)21-19(27)12-8-9-25(22-12)11-30-17-14(28-2)6-5-7-15(17)29-3/h5-10H,4,11H2,1-3H3,(H2,20,26)(H,21,27). The maximum Gasteiger partial charge on any atom is 0.276 e. The van der Waals surface area contributed by atoms with Gasteiger partial charge in [0, 0.05) is 18.9 Å². The van der Waals surface area contributed by atoms with Gasteiger partial charge in [-0.15, -0.1) is 0 Å². The number of benzene rings is 1. The van der Waals surface area contributed by atoms with Crippen LogP contribution in [0.5, 0.6) is 17.2 Å². The number of carbonyl (C=O) groups is 2. The number of ether oxygens (including phenoxy) is 3. The molecule has 0 atom stereocenters. The van der Waals surface area contributed by atoms with Gasteiger partial charge >= 0.3 is 0 Å². The van der Waals surface area contributed by atoms with Crippen LogP contribution in [0.25, 0.3) is 0 Å². The third-order valence-electron chi connectivity index (χ3n) is 4.16. The van der Waals surface area contributed by atoms with E-state index in [9.17, 15) is 9.59 Å². The lowest BCUT2D eigenvalue weighted by Crippen LogP contribution is -2.18. The van der Waals surface area contributed by atoms with Crippen LogP contribution < -0.4 is 25.3 Å². The fraction of sp³-hybridized carbons (Fsp3) is 0.263. The van der Waals surface area contributed by atoms with Gasteiger partial charge in [-0.05, 0) is 25.1 Å². The van der Waals surface area contributed by atoms with Crippen molar-refractivity contribution in [3.8, 4) is 17.2 Å². The average Bonchev–Trinajstić information content (AvgIpc) is 3.39. The van der Waals surface area contributed by atoms with Gasteiger partial charge in [-0.2, -0.15) is 10.2 Å². The largest absolute Gasteiger partial charge is 0.493 e. The number of primary amides is 1. The van der Waals surface area contributed by atoms with Crippen LogP contribution in [0.4, 0.5) is 5.69 Å². The number of carbonyl (C=O) groups excluding carboxylic acids is 2. The van der Waals surface area contributed by atoms with Crippen molar-refractivity contribution in [1.82, 2.24) is 19.6 Å². The summed E-state index contributed by atoms with van der Waals surface area (Å²) >= 11 is 0. The summed E-state index contributed by atoms with van der Waals surface area (Å²) in [7, 11) is 3.05. The van der Waals surface area contributed by atoms with Crippen LogP contribution in [0.2, 0.25) is 0 Å². The maximum absolute atomic E-state index is 12.5. The second-order valence-corrected chi connectivity index (χ2v) is 6.07. The van der Waals surface area contributed by atoms with Crippen LogP contribution in [-0.2, 0) is 13.3 Å². The first-order valence-electron chi connectivity index (χ1n) is 9.02. The zero-order chi connectivity index (χ0) is 21.7. The molecule has 11 heteroatoms. The number of aromatic nitrogens is 4. The van der Waals surface area contributed by atoms with Crippen LogP contribution in [0.15, 0.2) is 36.7 Å². The molecule has 158 valence electrons. The van der Waals surface area contributed by atoms with E-state index in [1.54, 1.807) is 24.4 Å². The monoisotopic (exact) mass is 414 g/mol. The Bertz CT molecular complexity index is 1040. The molecular weight excluding hydrogens is 392 g/mol. The highest BCUT2D eigenvalue weighted by Crippen LogP contribution is 2.36. The zero-order valence-electron chi connectivity index (χ0n) is 16.8. The highest BCUT2D eigenvalue weighted by Gasteiger charge is 2.18. The first-order chi connectivity index (χ1) is 14.5. The quantitative estimate of drug-likeness (QED) is 0.542. The van der Waals surface area contributed by atoms with Crippen molar-refractivity contribution in [2.75, 3.05) is 19.5 Å². The number of nitrogens with one attached hydrogen (secondary N) is 1. The van der Waals surface area contributed by atoms with Crippen molar-refractivity contribution < 1.29 is 23.8 Å². The molecule has 0 aliphatic rings. The molecule has 0 bridgehead atoms. The van der Waals surface area contributed by atoms with Crippen LogP contribution >= 0.6 is 0 Å². The smallest absolute Gasteiger partial charge is 0.276 e. The molecule has 0 aliphatic carbocycles. The van der Waals surface area contributed by atoms with E-state index in [1.165, 1.54) is 35.8 Å². The van der Waals surface area contributed by atoms with E-state index in [4.69, 9.17) is 19.9 Å². The van der Waals surface area contributed by atoms with Crippen molar-refractivity contribution in [3.05, 3.63) is 48.0 Å². The van der Waals surface area contributed by atoms with Crippen molar-refractivity contribution in [2.45, 2.75) is 20.2 Å². The molecule has 0 unspecified atom stereocenters. The van der Waals surface area contributed by atoms with Crippen molar-refractivity contribution in [3.63, 3.8) is 0 Å². The number of nitrogens with zero attached hydrogens (tertiary/aromatic N) is 4. The highest BCUT2D eigenvalue weighted by atomic mass is 16.5. The number of anilines is 1. The van der Waals surface area contributed by atoms with Gasteiger partial charge in [-0.1, -0.05) is 6.07 Å². The summed E-state index contributed by atoms with van der Waals surface area (Å²) in [5.74, 6) is 0.184. The van der Waals surface area contributed by atoms with Crippen molar-refractivity contribution in [2.24, 2.45) is 5.73 Å². The summed E-state index contributed by atoms with van der Waals surface area (Å²) in [5.41, 5.74) is 5.65. The molecule has 3 aromatic rings. The molecule has 30 heavy (non-hydrogen) atoms. The van der Waals surface area contributed by atoms with Crippen molar-refractivity contribution in [1.29, 1.82) is 0 Å². The number of aryl methyl sites for hydroxylation is 1. The molecule has 3 N–H and O–H groups in total. The lowest BCUT2D eigenvalue weighted by Gasteiger charge is -2.13. The van der Waals surface area contributed by atoms with E-state index in [2.05, 4.69) is 15.5 Å². The number of hydrogen-bond acceptors (Lipinski definition) is 7. The second kappa shape index (κ2) is 8.99. The highest BCUT2D eigenvalue weighted by molar-refractivity contribution is 6.06. The minimum Gasteiger partial charge on any atom is -0.493 e. The fourth-order valence-corrected chi connectivity index (χ4v) is 2.69. The molecule has 0 saturated carbocycles. The van der Waals surface area contributed by atoms with Gasteiger partial charge in [0.2, 0.25) is 5.75 Å². The van der Waals surface area contributed by atoms with Gasteiger partial charge in [0.25, 0.3) is 11.8 Å². The van der Waals surface area contributed by atoms with Crippen LogP contribution in [0.3, 0.4) is 0 Å². The number of hydrogen-bond donors (Lipinski definition) is 2. The Hall–Kier alpha value is -4.02. The summed E-state index contributed by atoms with van der Waals surface area (Å²) < 4.78 is 19.3. The Morgan fingerprint density at radius 1 is 1.10 bits per heavy atom. The van der Waals surface area contributed by atoms with E-state index in [1.807, 2.05) is 6.92 Å². The lowest BCUT2D eigenvalue weighted by atomic mass is 10.3. The Morgan fingerprint density at radius 2 is 1.80 bits per heavy atom. The summed E-state index contributed by atoms with van der Waals surface area (Å²) in [6.45, 7) is 2.39. The summed E-state index contributed by atoms with van der Waals surface area (Å²) in [4.78, 5) is 24.1. The van der Waals surface area contributed by atoms with Gasteiger partial charge in [-0.25, -0.2) is 4.68 Å². The second-order valence-electron chi connectivity index (χ2n) is 6.07. The third kappa shape index (κ3) is 4.35. The molecule has 0 fully saturated rings. The number of rotatable bonds is 9. The number of amides is 2. The Labute approximate surface area is 172 Å². The maximum atomic E-state index is 12.5. The molecule has 0 spiro atoms. The minimum absolute atomic E-state index is 0.0174. The summed E-state index contributed by atoms with van der Waals surface area (Å²) in [5, 5.41) is 10.8. The minimum atomic E-state index is -0.734. The number of nitrogens with two attached hydrogens (primary N) is 1. The normalized spacial score (nSPS) is 10.5. The predicted molar refractivity (Wildman–Crippen MR) is 107 cm³/mol. The van der Waals surface area contributed by atoms with Crippen LogP contribution in [-0.4, -0.2) is 45.6 Å². The van der Waals surface area contributed by atoms with Gasteiger partial charge in [0.1, 0.15) is 0 Å². The fourth-order valence-electron chi connectivity index (χ4n) is 2.69. The van der Waals surface area contributed by atoms with Gasteiger partial charge in [0.15, 0.2) is 29.6 Å². The molecule has 11 nitrogen and oxygen atoms in total. The molecule has 1 aromatic carbocycles. The van der Waals surface area contributed by atoms with E-state index in [0.717, 1.165) is 0 Å². The van der Waals surface area contributed by atoms with Gasteiger partial charge in [-0.3, -0.25) is 14.3 Å². The average molecular weight is 414 g/mol. The first kappa shape index (κ1) is 20.7. The summed E-state index contributed by atoms with van der Waals surface area (Å²) in [6.07, 6.45) is 3.12. The summed E-state index contributed by atoms with van der Waals surface area (Å²) in [6, 6.07) is 6.79. The third-order valence-corrected chi connectivity index (χ3v) is 4.16. The molecular formula is C19H22N6O5. The van der Waals surface area contributed by atoms with Gasteiger partial charge in [0.05, 0.1) is 19.9 Å². The topological polar surface area (TPSA) is 136 Å². The zero-order valence-corrected chi connectivity index (χ0v) is 16.8. The molecule has 0 radical (unpaired) electrons. The lowest BCUT2D eigenvalue weighted by molar-refractivity contribution is 0.0995. The predicted octanol–water partition coefficient (Wildman–Crippen LogP) is 1.50. The van der Waals surface area contributed by atoms with E-state index < -0.39 is 11.8 Å². The number of methoxy groups -OCH3 is 2. The van der Waals surface area contributed by atoms with Crippen molar-refractivity contribution >= 4 is 17.5 Å². The molecule has 0 saturated heterocycles. The van der Waals surface area contributed by atoms with E-state index in [0.29, 0.717) is 23.8 Å².